The van der Waals surface area contributed by atoms with E-state index in [9.17, 15) is 9.59 Å². The summed E-state index contributed by atoms with van der Waals surface area (Å²) >= 11 is 1.34. The zero-order valence-electron chi connectivity index (χ0n) is 14.4. The molecule has 128 valence electrons. The van der Waals surface area contributed by atoms with Crippen LogP contribution in [0.25, 0.3) is 0 Å². The second-order valence-electron chi connectivity index (χ2n) is 7.68. The molecule has 5 heteroatoms. The average molecular weight is 344 g/mol. The molecule has 1 aromatic rings. The predicted octanol–water partition coefficient (Wildman–Crippen LogP) is 3.95. The molecule has 0 unspecified atom stereocenters. The Hall–Kier alpha value is -1.75. The third-order valence-electron chi connectivity index (χ3n) is 4.57. The summed E-state index contributed by atoms with van der Waals surface area (Å²) in [5, 5.41) is 5.92. The number of hydrogen-bond acceptors (Lipinski definition) is 3. The van der Waals surface area contributed by atoms with Gasteiger partial charge in [0.05, 0.1) is 10.6 Å². The normalized spacial score (nSPS) is 27.3. The number of fused-ring (bicyclic) bond motifs is 1. The van der Waals surface area contributed by atoms with E-state index in [0.29, 0.717) is 10.8 Å². The van der Waals surface area contributed by atoms with Crippen LogP contribution < -0.4 is 10.6 Å². The Morgan fingerprint density at radius 3 is 2.83 bits per heavy atom. The van der Waals surface area contributed by atoms with Gasteiger partial charge in [-0.05, 0) is 42.7 Å². The number of benzene rings is 1. The van der Waals surface area contributed by atoms with E-state index in [1.54, 1.807) is 0 Å². The fourth-order valence-electron chi connectivity index (χ4n) is 3.92. The van der Waals surface area contributed by atoms with Crippen LogP contribution in [-0.2, 0) is 9.59 Å². The molecule has 0 saturated heterocycles. The highest BCUT2D eigenvalue weighted by Gasteiger charge is 2.32. The molecule has 1 aliphatic carbocycles. The van der Waals surface area contributed by atoms with Gasteiger partial charge in [-0.25, -0.2) is 0 Å². The van der Waals surface area contributed by atoms with Crippen LogP contribution in [0.2, 0.25) is 0 Å². The van der Waals surface area contributed by atoms with Crippen molar-refractivity contribution in [3.8, 4) is 0 Å². The minimum Gasteiger partial charge on any atom is -0.350 e. The quantitative estimate of drug-likeness (QED) is 0.799. The standard InChI is InChI=1S/C19H24N2O2S/c1-12-8-13(11-19(2,3)10-12)20-17(22)9-16-18(23)21-14-6-4-5-7-15(14)24-16/h4-7,9,12-13H,8,10-11H2,1-3H3,(H,20,22)(H,21,23)/b16-9+/t12-,13-/m1/s1. The largest absolute Gasteiger partial charge is 0.350 e. The van der Waals surface area contributed by atoms with E-state index >= 15 is 0 Å². The Balaban J connectivity index is 1.68. The SMILES string of the molecule is C[C@@H]1C[C@@H](NC(=O)/C=C2/Sc3ccccc3NC2=O)CC(C)(C)C1. The van der Waals surface area contributed by atoms with Gasteiger partial charge in [0, 0.05) is 17.0 Å². The molecule has 1 aromatic carbocycles. The van der Waals surface area contributed by atoms with Gasteiger partial charge in [0.15, 0.2) is 0 Å². The van der Waals surface area contributed by atoms with E-state index in [1.165, 1.54) is 24.3 Å². The van der Waals surface area contributed by atoms with E-state index in [2.05, 4.69) is 31.4 Å². The number of amides is 2. The van der Waals surface area contributed by atoms with E-state index in [0.717, 1.165) is 23.4 Å². The lowest BCUT2D eigenvalue weighted by Crippen LogP contribution is -2.42. The maximum absolute atomic E-state index is 12.4. The first-order valence-electron chi connectivity index (χ1n) is 8.43. The average Bonchev–Trinajstić information content (AvgIpc) is 2.45. The lowest BCUT2D eigenvalue weighted by atomic mass is 9.70. The van der Waals surface area contributed by atoms with Gasteiger partial charge in [0.25, 0.3) is 5.91 Å². The molecule has 2 amide bonds. The highest BCUT2D eigenvalue weighted by molar-refractivity contribution is 8.04. The van der Waals surface area contributed by atoms with Crippen molar-refractivity contribution < 1.29 is 9.59 Å². The molecule has 4 nitrogen and oxygen atoms in total. The first kappa shape index (κ1) is 17.1. The molecule has 0 spiro atoms. The van der Waals surface area contributed by atoms with Crippen LogP contribution in [0, 0.1) is 11.3 Å². The first-order chi connectivity index (χ1) is 11.3. The summed E-state index contributed by atoms with van der Waals surface area (Å²) in [7, 11) is 0. The smallest absolute Gasteiger partial charge is 0.262 e. The summed E-state index contributed by atoms with van der Waals surface area (Å²) in [5.74, 6) is 0.207. The molecule has 1 saturated carbocycles. The lowest BCUT2D eigenvalue weighted by Gasteiger charge is -2.39. The fraction of sp³-hybridized carbons (Fsp3) is 0.474. The molecule has 24 heavy (non-hydrogen) atoms. The molecular weight excluding hydrogens is 320 g/mol. The van der Waals surface area contributed by atoms with Crippen molar-refractivity contribution in [2.75, 3.05) is 5.32 Å². The Kier molecular flexibility index (Phi) is 4.72. The third-order valence-corrected chi connectivity index (χ3v) is 5.67. The Labute approximate surface area is 147 Å². The van der Waals surface area contributed by atoms with Gasteiger partial charge in [-0.3, -0.25) is 9.59 Å². The van der Waals surface area contributed by atoms with Crippen molar-refractivity contribution in [3.63, 3.8) is 0 Å². The van der Waals surface area contributed by atoms with Gasteiger partial charge in [0.2, 0.25) is 5.91 Å². The first-order valence-corrected chi connectivity index (χ1v) is 9.24. The topological polar surface area (TPSA) is 58.2 Å². The molecule has 1 fully saturated rings. The van der Waals surface area contributed by atoms with Gasteiger partial charge < -0.3 is 10.6 Å². The zero-order valence-corrected chi connectivity index (χ0v) is 15.2. The van der Waals surface area contributed by atoms with Crippen LogP contribution in [0.15, 0.2) is 40.1 Å². The number of hydrogen-bond donors (Lipinski definition) is 2. The number of thioether (sulfide) groups is 1. The van der Waals surface area contributed by atoms with Crippen LogP contribution in [0.5, 0.6) is 0 Å². The molecular formula is C19H24N2O2S. The van der Waals surface area contributed by atoms with E-state index in [4.69, 9.17) is 0 Å². The maximum Gasteiger partial charge on any atom is 0.262 e. The summed E-state index contributed by atoms with van der Waals surface area (Å²) in [4.78, 5) is 25.9. The van der Waals surface area contributed by atoms with Crippen molar-refractivity contribution in [2.24, 2.45) is 11.3 Å². The van der Waals surface area contributed by atoms with Crippen molar-refractivity contribution in [1.82, 2.24) is 5.32 Å². The maximum atomic E-state index is 12.4. The summed E-state index contributed by atoms with van der Waals surface area (Å²) in [6.07, 6.45) is 4.60. The Morgan fingerprint density at radius 2 is 2.08 bits per heavy atom. The number of carbonyl (C=O) groups is 2. The Morgan fingerprint density at radius 1 is 1.33 bits per heavy atom. The van der Waals surface area contributed by atoms with Crippen molar-refractivity contribution in [3.05, 3.63) is 35.2 Å². The minimum atomic E-state index is -0.216. The summed E-state index contributed by atoms with van der Waals surface area (Å²) < 4.78 is 0. The summed E-state index contributed by atoms with van der Waals surface area (Å²) in [6.45, 7) is 6.74. The molecule has 2 atom stereocenters. The van der Waals surface area contributed by atoms with Crippen LogP contribution in [-0.4, -0.2) is 17.9 Å². The monoisotopic (exact) mass is 344 g/mol. The lowest BCUT2D eigenvalue weighted by molar-refractivity contribution is -0.118. The van der Waals surface area contributed by atoms with Gasteiger partial charge in [-0.1, -0.05) is 44.7 Å². The van der Waals surface area contributed by atoms with Crippen LogP contribution in [0.1, 0.15) is 40.0 Å². The van der Waals surface area contributed by atoms with Gasteiger partial charge >= 0.3 is 0 Å². The fourth-order valence-corrected chi connectivity index (χ4v) is 4.84. The molecule has 2 N–H and O–H groups in total. The number of anilines is 1. The summed E-state index contributed by atoms with van der Waals surface area (Å²) in [5.41, 5.74) is 1.05. The molecule has 0 bridgehead atoms. The molecule has 1 aliphatic heterocycles. The van der Waals surface area contributed by atoms with E-state index in [-0.39, 0.29) is 23.3 Å². The minimum absolute atomic E-state index is 0.178. The molecule has 1 heterocycles. The second-order valence-corrected chi connectivity index (χ2v) is 8.76. The highest BCUT2D eigenvalue weighted by Crippen LogP contribution is 2.39. The highest BCUT2D eigenvalue weighted by atomic mass is 32.2. The third kappa shape index (κ3) is 4.01. The van der Waals surface area contributed by atoms with Crippen molar-refractivity contribution in [2.45, 2.75) is 51.0 Å². The van der Waals surface area contributed by atoms with Gasteiger partial charge in [0.1, 0.15) is 0 Å². The second kappa shape index (κ2) is 6.63. The number of carbonyl (C=O) groups excluding carboxylic acids is 2. The van der Waals surface area contributed by atoms with Gasteiger partial charge in [-0.2, -0.15) is 0 Å². The predicted molar refractivity (Wildman–Crippen MR) is 97.7 cm³/mol. The molecule has 3 rings (SSSR count). The van der Waals surface area contributed by atoms with E-state index in [1.807, 2.05) is 24.3 Å². The van der Waals surface area contributed by atoms with Gasteiger partial charge in [-0.15, -0.1) is 0 Å². The van der Waals surface area contributed by atoms with E-state index < -0.39 is 0 Å². The van der Waals surface area contributed by atoms with Crippen molar-refractivity contribution >= 4 is 29.3 Å². The molecule has 0 radical (unpaired) electrons. The van der Waals surface area contributed by atoms with Crippen LogP contribution >= 0.6 is 11.8 Å². The van der Waals surface area contributed by atoms with Crippen LogP contribution in [0.3, 0.4) is 0 Å². The Bertz CT molecular complexity index is 696. The number of nitrogens with one attached hydrogen (secondary N) is 2. The van der Waals surface area contributed by atoms with Crippen molar-refractivity contribution in [1.29, 1.82) is 0 Å². The zero-order chi connectivity index (χ0) is 17.3. The number of rotatable bonds is 2. The molecule has 2 aliphatic rings. The summed E-state index contributed by atoms with van der Waals surface area (Å²) in [6, 6.07) is 7.79. The number of para-hydroxylation sites is 1. The molecule has 0 aromatic heterocycles. The van der Waals surface area contributed by atoms with Crippen LogP contribution in [0.4, 0.5) is 5.69 Å².